The average molecular weight is 208 g/mol. The molecule has 0 amide bonds. The SMILES string of the molecule is Fc1cc(F)c(-c2[c]cccn2)cc1F. The first-order valence-electron chi connectivity index (χ1n) is 4.16. The number of pyridine rings is 1. The van der Waals surface area contributed by atoms with Gasteiger partial charge in [-0.1, -0.05) is 6.07 Å². The molecule has 0 N–H and O–H groups in total. The fraction of sp³-hybridized carbons (Fsp3) is 0. The molecular formula is C11H5F3N. The van der Waals surface area contributed by atoms with Crippen LogP contribution < -0.4 is 0 Å². The third-order valence-corrected chi connectivity index (χ3v) is 1.87. The van der Waals surface area contributed by atoms with Gasteiger partial charge in [-0.15, -0.1) is 0 Å². The van der Waals surface area contributed by atoms with Gasteiger partial charge in [0.05, 0.1) is 5.69 Å². The zero-order valence-corrected chi connectivity index (χ0v) is 7.47. The van der Waals surface area contributed by atoms with E-state index in [2.05, 4.69) is 11.1 Å². The van der Waals surface area contributed by atoms with E-state index in [9.17, 15) is 13.2 Å². The van der Waals surface area contributed by atoms with Crippen molar-refractivity contribution in [1.82, 2.24) is 4.98 Å². The Bertz CT molecular complexity index is 483. The minimum absolute atomic E-state index is 0.102. The highest BCUT2D eigenvalue weighted by molar-refractivity contribution is 5.59. The standard InChI is InChI=1S/C11H5F3N/c12-8-6-10(14)9(13)5-7(8)11-3-1-2-4-15-11/h1-2,4-6H. The molecular weight excluding hydrogens is 203 g/mol. The van der Waals surface area contributed by atoms with Crippen LogP contribution in [0.2, 0.25) is 0 Å². The minimum atomic E-state index is -1.22. The number of hydrogen-bond acceptors (Lipinski definition) is 1. The van der Waals surface area contributed by atoms with Crippen LogP contribution in [-0.2, 0) is 0 Å². The third-order valence-electron chi connectivity index (χ3n) is 1.87. The number of aromatic nitrogens is 1. The number of benzene rings is 1. The summed E-state index contributed by atoms with van der Waals surface area (Å²) in [6.07, 6.45) is 1.42. The second-order valence-electron chi connectivity index (χ2n) is 2.88. The van der Waals surface area contributed by atoms with Gasteiger partial charge in [-0.25, -0.2) is 13.2 Å². The molecule has 75 valence electrons. The van der Waals surface area contributed by atoms with Crippen LogP contribution in [0.4, 0.5) is 13.2 Å². The van der Waals surface area contributed by atoms with Crippen molar-refractivity contribution in [2.24, 2.45) is 0 Å². The van der Waals surface area contributed by atoms with Crippen LogP contribution in [0.1, 0.15) is 0 Å². The molecule has 2 rings (SSSR count). The lowest BCUT2D eigenvalue weighted by atomic mass is 10.1. The van der Waals surface area contributed by atoms with E-state index in [0.717, 1.165) is 6.07 Å². The topological polar surface area (TPSA) is 12.9 Å². The molecule has 15 heavy (non-hydrogen) atoms. The highest BCUT2D eigenvalue weighted by atomic mass is 19.2. The van der Waals surface area contributed by atoms with Crippen molar-refractivity contribution in [1.29, 1.82) is 0 Å². The second kappa shape index (κ2) is 3.73. The Balaban J connectivity index is 2.59. The van der Waals surface area contributed by atoms with E-state index in [1.807, 2.05) is 0 Å². The fourth-order valence-electron chi connectivity index (χ4n) is 1.18. The van der Waals surface area contributed by atoms with Crippen LogP contribution in [0.15, 0.2) is 30.5 Å². The van der Waals surface area contributed by atoms with Crippen molar-refractivity contribution in [2.45, 2.75) is 0 Å². The first-order valence-corrected chi connectivity index (χ1v) is 4.16. The van der Waals surface area contributed by atoms with E-state index in [0.29, 0.717) is 6.07 Å². The average Bonchev–Trinajstić information content (AvgIpc) is 2.25. The Morgan fingerprint density at radius 1 is 1.00 bits per heavy atom. The maximum atomic E-state index is 13.2. The summed E-state index contributed by atoms with van der Waals surface area (Å²) < 4.78 is 38.7. The molecule has 0 aliphatic carbocycles. The Morgan fingerprint density at radius 2 is 1.73 bits per heavy atom. The van der Waals surface area contributed by atoms with Gasteiger partial charge in [0, 0.05) is 23.9 Å². The maximum Gasteiger partial charge on any atom is 0.161 e. The van der Waals surface area contributed by atoms with Crippen molar-refractivity contribution >= 4 is 0 Å². The number of nitrogens with zero attached hydrogens (tertiary/aromatic N) is 1. The summed E-state index contributed by atoms with van der Waals surface area (Å²) in [5, 5.41) is 0. The smallest absolute Gasteiger partial charge is 0.161 e. The Hall–Kier alpha value is -1.84. The first-order chi connectivity index (χ1) is 7.18. The summed E-state index contributed by atoms with van der Waals surface area (Å²) >= 11 is 0. The Morgan fingerprint density at radius 3 is 2.40 bits per heavy atom. The van der Waals surface area contributed by atoms with Gasteiger partial charge < -0.3 is 0 Å². The van der Waals surface area contributed by atoms with Gasteiger partial charge in [0.2, 0.25) is 0 Å². The molecule has 1 heterocycles. The molecule has 0 bridgehead atoms. The van der Waals surface area contributed by atoms with Crippen LogP contribution in [0.25, 0.3) is 11.3 Å². The summed E-state index contributed by atoms with van der Waals surface area (Å²) in [6.45, 7) is 0. The quantitative estimate of drug-likeness (QED) is 0.656. The summed E-state index contributed by atoms with van der Waals surface area (Å²) in [7, 11) is 0. The van der Waals surface area contributed by atoms with E-state index < -0.39 is 17.5 Å². The van der Waals surface area contributed by atoms with Gasteiger partial charge in [0.15, 0.2) is 11.6 Å². The highest BCUT2D eigenvalue weighted by Gasteiger charge is 2.11. The van der Waals surface area contributed by atoms with Gasteiger partial charge >= 0.3 is 0 Å². The molecule has 0 aliphatic heterocycles. The van der Waals surface area contributed by atoms with Crippen LogP contribution in [0.3, 0.4) is 0 Å². The fourth-order valence-corrected chi connectivity index (χ4v) is 1.18. The molecule has 1 nitrogen and oxygen atoms in total. The van der Waals surface area contributed by atoms with E-state index in [1.54, 1.807) is 6.07 Å². The highest BCUT2D eigenvalue weighted by Crippen LogP contribution is 2.22. The van der Waals surface area contributed by atoms with Gasteiger partial charge in [-0.2, -0.15) is 0 Å². The van der Waals surface area contributed by atoms with Crippen molar-refractivity contribution < 1.29 is 13.2 Å². The third kappa shape index (κ3) is 1.83. The molecule has 1 aromatic carbocycles. The molecule has 0 spiro atoms. The molecule has 0 unspecified atom stereocenters. The minimum Gasteiger partial charge on any atom is -0.255 e. The Labute approximate surface area is 84.2 Å². The summed E-state index contributed by atoms with van der Waals surface area (Å²) in [6, 6.07) is 7.01. The lowest BCUT2D eigenvalue weighted by molar-refractivity contribution is 0.496. The molecule has 1 radical (unpaired) electrons. The lowest BCUT2D eigenvalue weighted by Crippen LogP contribution is -1.92. The van der Waals surface area contributed by atoms with E-state index in [1.165, 1.54) is 12.3 Å². The normalized spacial score (nSPS) is 10.3. The number of rotatable bonds is 1. The van der Waals surface area contributed by atoms with Gasteiger partial charge in [-0.05, 0) is 12.1 Å². The largest absolute Gasteiger partial charge is 0.255 e. The van der Waals surface area contributed by atoms with Crippen LogP contribution in [0, 0.1) is 23.5 Å². The summed E-state index contributed by atoms with van der Waals surface area (Å²) in [4.78, 5) is 3.80. The second-order valence-corrected chi connectivity index (χ2v) is 2.88. The zero-order chi connectivity index (χ0) is 10.8. The van der Waals surface area contributed by atoms with E-state index >= 15 is 0 Å². The van der Waals surface area contributed by atoms with Crippen LogP contribution in [0.5, 0.6) is 0 Å². The summed E-state index contributed by atoms with van der Waals surface area (Å²) in [5.41, 5.74) is 0.0448. The van der Waals surface area contributed by atoms with Crippen molar-refractivity contribution in [3.8, 4) is 11.3 Å². The predicted octanol–water partition coefficient (Wildman–Crippen LogP) is 2.97. The monoisotopic (exact) mass is 208 g/mol. The molecule has 1 aromatic heterocycles. The van der Waals surface area contributed by atoms with Crippen molar-refractivity contribution in [3.05, 3.63) is 54.0 Å². The Kier molecular flexibility index (Phi) is 2.41. The number of halogens is 3. The predicted molar refractivity (Wildman–Crippen MR) is 48.4 cm³/mol. The van der Waals surface area contributed by atoms with Crippen molar-refractivity contribution in [2.75, 3.05) is 0 Å². The molecule has 0 fully saturated rings. The van der Waals surface area contributed by atoms with Gasteiger partial charge in [0.1, 0.15) is 5.82 Å². The van der Waals surface area contributed by atoms with Gasteiger partial charge in [0.25, 0.3) is 0 Å². The van der Waals surface area contributed by atoms with Crippen LogP contribution in [-0.4, -0.2) is 4.98 Å². The molecule has 0 saturated heterocycles. The molecule has 0 saturated carbocycles. The van der Waals surface area contributed by atoms with E-state index in [-0.39, 0.29) is 11.3 Å². The molecule has 2 aromatic rings. The number of hydrogen-bond donors (Lipinski definition) is 0. The zero-order valence-electron chi connectivity index (χ0n) is 7.47. The molecule has 0 atom stereocenters. The van der Waals surface area contributed by atoms with Crippen LogP contribution >= 0.6 is 0 Å². The maximum absolute atomic E-state index is 13.2. The first kappa shape index (κ1) is 9.71. The van der Waals surface area contributed by atoms with Gasteiger partial charge in [-0.3, -0.25) is 4.98 Å². The lowest BCUT2D eigenvalue weighted by Gasteiger charge is -2.02. The molecule has 4 heteroatoms. The molecule has 0 aliphatic rings. The van der Waals surface area contributed by atoms with E-state index in [4.69, 9.17) is 0 Å². The van der Waals surface area contributed by atoms with Crippen molar-refractivity contribution in [3.63, 3.8) is 0 Å². The summed E-state index contributed by atoms with van der Waals surface area (Å²) in [5.74, 6) is -3.18.